The van der Waals surface area contributed by atoms with Crippen molar-refractivity contribution in [3.63, 3.8) is 0 Å². The third kappa shape index (κ3) is 8.62. The lowest BCUT2D eigenvalue weighted by atomic mass is 10.0. The summed E-state index contributed by atoms with van der Waals surface area (Å²) >= 11 is 6.05. The van der Waals surface area contributed by atoms with Crippen LogP contribution < -0.4 is 15.4 Å². The molecule has 0 saturated heterocycles. The molecule has 0 bridgehead atoms. The van der Waals surface area contributed by atoms with Crippen molar-refractivity contribution in [2.75, 3.05) is 13.2 Å². The Hall–Kier alpha value is -3.00. The van der Waals surface area contributed by atoms with Crippen molar-refractivity contribution >= 4 is 17.5 Å². The molecule has 186 valence electrons. The summed E-state index contributed by atoms with van der Waals surface area (Å²) < 4.78 is 32.9. The van der Waals surface area contributed by atoms with E-state index in [-0.39, 0.29) is 19.6 Å². The molecule has 3 rings (SSSR count). The molecule has 3 aromatic carbocycles. The van der Waals surface area contributed by atoms with Crippen LogP contribution in [0.5, 0.6) is 5.75 Å². The Kier molecular flexibility index (Phi) is 10.0. The molecule has 0 saturated carbocycles. The number of aliphatic hydroxyl groups is 1. The van der Waals surface area contributed by atoms with Gasteiger partial charge in [0.05, 0.1) is 17.2 Å². The molecule has 0 unspecified atom stereocenters. The number of benzene rings is 3. The molecule has 0 spiro atoms. The highest BCUT2D eigenvalue weighted by atomic mass is 35.5. The van der Waals surface area contributed by atoms with Crippen molar-refractivity contribution in [1.29, 1.82) is 0 Å². The van der Waals surface area contributed by atoms with E-state index in [0.717, 1.165) is 18.1 Å². The number of nitrogens with one attached hydrogen (secondary N) is 2. The van der Waals surface area contributed by atoms with Crippen molar-refractivity contribution in [3.8, 4) is 5.75 Å². The van der Waals surface area contributed by atoms with Crippen LogP contribution in [0.4, 0.5) is 8.78 Å². The van der Waals surface area contributed by atoms with E-state index in [1.807, 2.05) is 18.2 Å². The summed E-state index contributed by atoms with van der Waals surface area (Å²) in [5.74, 6) is -1.60. The zero-order valence-corrected chi connectivity index (χ0v) is 20.2. The van der Waals surface area contributed by atoms with E-state index in [0.29, 0.717) is 22.9 Å². The first-order chi connectivity index (χ1) is 16.8. The summed E-state index contributed by atoms with van der Waals surface area (Å²) in [5, 5.41) is 17.1. The first kappa shape index (κ1) is 26.6. The maximum absolute atomic E-state index is 13.7. The topological polar surface area (TPSA) is 70.6 Å². The van der Waals surface area contributed by atoms with Crippen molar-refractivity contribution in [2.45, 2.75) is 38.5 Å². The van der Waals surface area contributed by atoms with Gasteiger partial charge in [0.15, 0.2) is 6.61 Å². The van der Waals surface area contributed by atoms with Crippen LogP contribution in [0.15, 0.2) is 66.7 Å². The summed E-state index contributed by atoms with van der Waals surface area (Å²) in [5.41, 5.74) is 2.59. The molecule has 0 heterocycles. The number of halogens is 3. The molecule has 0 aliphatic carbocycles. The third-order valence-corrected chi connectivity index (χ3v) is 5.78. The summed E-state index contributed by atoms with van der Waals surface area (Å²) in [6.07, 6.45) is -0.0777. The maximum Gasteiger partial charge on any atom is 0.258 e. The first-order valence-corrected chi connectivity index (χ1v) is 11.8. The van der Waals surface area contributed by atoms with E-state index in [4.69, 9.17) is 16.3 Å². The molecule has 35 heavy (non-hydrogen) atoms. The zero-order chi connectivity index (χ0) is 25.2. The number of ether oxygens (including phenoxy) is 1. The Balaban J connectivity index is 1.63. The van der Waals surface area contributed by atoms with Crippen LogP contribution in [0.1, 0.15) is 23.6 Å². The number of para-hydroxylation sites is 1. The van der Waals surface area contributed by atoms with Gasteiger partial charge in [0.1, 0.15) is 17.4 Å². The van der Waals surface area contributed by atoms with Crippen molar-refractivity contribution in [2.24, 2.45) is 0 Å². The SMILES string of the molecule is CCc1cccc(CNC[C@@H](O)[C@H](Cc2cc(F)cc(F)c2)NC(=O)COc2ccccc2Cl)c1. The van der Waals surface area contributed by atoms with Gasteiger partial charge in [0.2, 0.25) is 0 Å². The largest absolute Gasteiger partial charge is 0.482 e. The summed E-state index contributed by atoms with van der Waals surface area (Å²) in [6, 6.07) is 17.2. The fourth-order valence-electron chi connectivity index (χ4n) is 3.69. The molecule has 8 heteroatoms. The fourth-order valence-corrected chi connectivity index (χ4v) is 3.88. The second kappa shape index (κ2) is 13.2. The van der Waals surface area contributed by atoms with E-state index in [1.165, 1.54) is 17.7 Å². The molecule has 5 nitrogen and oxygen atoms in total. The summed E-state index contributed by atoms with van der Waals surface area (Å²) in [4.78, 5) is 12.6. The van der Waals surface area contributed by atoms with Crippen LogP contribution in [-0.4, -0.2) is 36.3 Å². The van der Waals surface area contributed by atoms with Gasteiger partial charge in [-0.3, -0.25) is 4.79 Å². The Morgan fingerprint density at radius 3 is 2.43 bits per heavy atom. The number of hydrogen-bond acceptors (Lipinski definition) is 4. The molecule has 0 aromatic heterocycles. The number of amides is 1. The second-order valence-electron chi connectivity index (χ2n) is 8.25. The zero-order valence-electron chi connectivity index (χ0n) is 19.4. The average Bonchev–Trinajstić information content (AvgIpc) is 2.82. The minimum atomic E-state index is -1.03. The van der Waals surface area contributed by atoms with Crippen molar-refractivity contribution in [1.82, 2.24) is 10.6 Å². The Morgan fingerprint density at radius 1 is 1.00 bits per heavy atom. The minimum absolute atomic E-state index is 0.0285. The highest BCUT2D eigenvalue weighted by Crippen LogP contribution is 2.23. The smallest absolute Gasteiger partial charge is 0.258 e. The van der Waals surface area contributed by atoms with Crippen LogP contribution in [0.25, 0.3) is 0 Å². The van der Waals surface area contributed by atoms with Gasteiger partial charge in [0, 0.05) is 19.2 Å². The minimum Gasteiger partial charge on any atom is -0.482 e. The summed E-state index contributed by atoms with van der Waals surface area (Å²) in [7, 11) is 0. The Labute approximate surface area is 209 Å². The molecular formula is C27H29ClF2N2O3. The fraction of sp³-hybridized carbons (Fsp3) is 0.296. The number of hydrogen-bond donors (Lipinski definition) is 3. The predicted molar refractivity (Wildman–Crippen MR) is 132 cm³/mol. The van der Waals surface area contributed by atoms with Gasteiger partial charge in [-0.2, -0.15) is 0 Å². The number of carbonyl (C=O) groups is 1. The van der Waals surface area contributed by atoms with E-state index in [9.17, 15) is 18.7 Å². The van der Waals surface area contributed by atoms with E-state index < -0.39 is 29.7 Å². The van der Waals surface area contributed by atoms with Crippen LogP contribution in [0, 0.1) is 11.6 Å². The third-order valence-electron chi connectivity index (χ3n) is 5.47. The number of carbonyl (C=O) groups excluding carboxylic acids is 1. The van der Waals surface area contributed by atoms with Gasteiger partial charge in [-0.1, -0.05) is 54.9 Å². The lowest BCUT2D eigenvalue weighted by Gasteiger charge is -2.25. The standard InChI is InChI=1S/C27H29ClF2N2O3/c1-2-18-6-5-7-19(10-18)15-31-16-25(33)24(13-20-11-21(29)14-22(30)12-20)32-27(34)17-35-26-9-4-3-8-23(26)28/h3-12,14,24-25,31,33H,2,13,15-17H2,1H3,(H,32,34)/t24-,25+/m0/s1. The molecule has 0 fully saturated rings. The molecule has 0 aliphatic heterocycles. The number of rotatable bonds is 12. The van der Waals surface area contributed by atoms with Gasteiger partial charge < -0.3 is 20.5 Å². The van der Waals surface area contributed by atoms with Crippen molar-refractivity contribution in [3.05, 3.63) is 100 Å². The first-order valence-electron chi connectivity index (χ1n) is 11.4. The molecule has 0 radical (unpaired) electrons. The maximum atomic E-state index is 13.7. The van der Waals surface area contributed by atoms with E-state index in [2.05, 4.69) is 23.6 Å². The molecular weight excluding hydrogens is 474 g/mol. The quantitative estimate of drug-likeness (QED) is 0.342. The molecule has 1 amide bonds. The molecule has 3 N–H and O–H groups in total. The van der Waals surface area contributed by atoms with Gasteiger partial charge in [-0.05, 0) is 53.8 Å². The van der Waals surface area contributed by atoms with Gasteiger partial charge >= 0.3 is 0 Å². The van der Waals surface area contributed by atoms with Crippen LogP contribution in [-0.2, 0) is 24.2 Å². The molecule has 2 atom stereocenters. The lowest BCUT2D eigenvalue weighted by Crippen LogP contribution is -2.49. The van der Waals surface area contributed by atoms with E-state index in [1.54, 1.807) is 24.3 Å². The summed E-state index contributed by atoms with van der Waals surface area (Å²) in [6.45, 7) is 2.43. The molecule has 3 aromatic rings. The lowest BCUT2D eigenvalue weighted by molar-refractivity contribution is -0.124. The average molecular weight is 503 g/mol. The van der Waals surface area contributed by atoms with Gasteiger partial charge in [-0.15, -0.1) is 0 Å². The van der Waals surface area contributed by atoms with Crippen LogP contribution >= 0.6 is 11.6 Å². The monoisotopic (exact) mass is 502 g/mol. The number of aryl methyl sites for hydroxylation is 1. The number of aliphatic hydroxyl groups excluding tert-OH is 1. The molecule has 0 aliphatic rings. The Bertz CT molecular complexity index is 1110. The van der Waals surface area contributed by atoms with Crippen molar-refractivity contribution < 1.29 is 23.4 Å². The second-order valence-corrected chi connectivity index (χ2v) is 8.65. The van der Waals surface area contributed by atoms with Crippen LogP contribution in [0.2, 0.25) is 5.02 Å². The Morgan fingerprint density at radius 2 is 1.71 bits per heavy atom. The predicted octanol–water partition coefficient (Wildman–Crippen LogP) is 4.44. The highest BCUT2D eigenvalue weighted by molar-refractivity contribution is 6.32. The van der Waals surface area contributed by atoms with Gasteiger partial charge in [0.25, 0.3) is 5.91 Å². The van der Waals surface area contributed by atoms with Crippen LogP contribution in [0.3, 0.4) is 0 Å². The normalized spacial score (nSPS) is 12.7. The highest BCUT2D eigenvalue weighted by Gasteiger charge is 2.23. The van der Waals surface area contributed by atoms with E-state index >= 15 is 0 Å². The van der Waals surface area contributed by atoms with Gasteiger partial charge in [-0.25, -0.2) is 8.78 Å².